The maximum absolute atomic E-state index is 12.9. The first kappa shape index (κ1) is 70.1. The summed E-state index contributed by atoms with van der Waals surface area (Å²) < 4.78 is 16.8. The second kappa shape index (κ2) is 61.6. The molecule has 0 saturated carbocycles. The molecular weight excluding hydrogens is 913 g/mol. The first-order chi connectivity index (χ1) is 36.5. The molecule has 1 unspecified atom stereocenters. The zero-order valence-electron chi connectivity index (χ0n) is 48.3. The second-order valence-electron chi connectivity index (χ2n) is 20.2. The molecule has 0 aromatic carbocycles. The number of ether oxygens (including phenoxy) is 3. The van der Waals surface area contributed by atoms with E-state index < -0.39 is 6.10 Å². The lowest BCUT2D eigenvalue weighted by Crippen LogP contribution is -2.30. The van der Waals surface area contributed by atoms with Crippen LogP contribution in [0.5, 0.6) is 0 Å². The third-order valence-corrected chi connectivity index (χ3v) is 13.0. The molecule has 422 valence electrons. The van der Waals surface area contributed by atoms with Crippen molar-refractivity contribution >= 4 is 17.9 Å². The minimum absolute atomic E-state index is 0.107. The zero-order valence-corrected chi connectivity index (χ0v) is 48.3. The highest BCUT2D eigenvalue weighted by Crippen LogP contribution is 2.15. The summed E-state index contributed by atoms with van der Waals surface area (Å²) in [6.45, 7) is 6.43. The Morgan fingerprint density at radius 1 is 0.284 bits per heavy atom. The molecule has 1 atom stereocenters. The zero-order chi connectivity index (χ0) is 53.6. The number of rotatable bonds is 55. The van der Waals surface area contributed by atoms with Crippen LogP contribution >= 0.6 is 0 Å². The third kappa shape index (κ3) is 59.0. The lowest BCUT2D eigenvalue weighted by Gasteiger charge is -2.18. The summed E-state index contributed by atoms with van der Waals surface area (Å²) in [6, 6.07) is 0. The van der Waals surface area contributed by atoms with E-state index in [0.717, 1.165) is 103 Å². The molecule has 0 rings (SSSR count). The molecule has 0 N–H and O–H groups in total. The van der Waals surface area contributed by atoms with Gasteiger partial charge in [-0.05, 0) is 116 Å². The van der Waals surface area contributed by atoms with Crippen molar-refractivity contribution in [1.29, 1.82) is 0 Å². The molecule has 0 fully saturated rings. The topological polar surface area (TPSA) is 78.9 Å². The van der Waals surface area contributed by atoms with E-state index in [4.69, 9.17) is 14.2 Å². The number of carbonyl (C=O) groups excluding carboxylic acids is 3. The van der Waals surface area contributed by atoms with E-state index in [1.807, 2.05) is 6.08 Å². The van der Waals surface area contributed by atoms with Crippen LogP contribution in [-0.4, -0.2) is 37.2 Å². The molecule has 0 aromatic rings. The summed E-state index contributed by atoms with van der Waals surface area (Å²) in [5.41, 5.74) is 0. The van der Waals surface area contributed by atoms with Gasteiger partial charge in [-0.25, -0.2) is 0 Å². The van der Waals surface area contributed by atoms with Crippen LogP contribution in [0.15, 0.2) is 109 Å². The van der Waals surface area contributed by atoms with Crippen LogP contribution in [-0.2, 0) is 28.6 Å². The minimum atomic E-state index is -0.817. The van der Waals surface area contributed by atoms with Crippen LogP contribution in [0.4, 0.5) is 0 Å². The summed E-state index contributed by atoms with van der Waals surface area (Å²) in [4.78, 5) is 38.2. The summed E-state index contributed by atoms with van der Waals surface area (Å²) in [7, 11) is 0. The van der Waals surface area contributed by atoms with Crippen molar-refractivity contribution in [3.63, 3.8) is 0 Å². The highest BCUT2D eigenvalue weighted by Gasteiger charge is 2.19. The number of hydrogen-bond acceptors (Lipinski definition) is 6. The Balaban J connectivity index is 4.34. The highest BCUT2D eigenvalue weighted by molar-refractivity contribution is 5.71. The van der Waals surface area contributed by atoms with Gasteiger partial charge in [-0.1, -0.05) is 259 Å². The molecule has 0 aliphatic heterocycles. The fourth-order valence-corrected chi connectivity index (χ4v) is 8.38. The molecule has 0 aliphatic carbocycles. The van der Waals surface area contributed by atoms with Crippen LogP contribution in [0.2, 0.25) is 0 Å². The van der Waals surface area contributed by atoms with Crippen molar-refractivity contribution in [3.05, 3.63) is 109 Å². The molecule has 0 aromatic heterocycles. The minimum Gasteiger partial charge on any atom is -0.462 e. The van der Waals surface area contributed by atoms with Gasteiger partial charge < -0.3 is 14.2 Å². The van der Waals surface area contributed by atoms with Crippen LogP contribution in [0, 0.1) is 0 Å². The molecule has 0 amide bonds. The van der Waals surface area contributed by atoms with Gasteiger partial charge in [0.1, 0.15) is 13.2 Å². The molecule has 0 bridgehead atoms. The van der Waals surface area contributed by atoms with Crippen LogP contribution in [0.1, 0.15) is 284 Å². The number of unbranched alkanes of at least 4 members (excludes halogenated alkanes) is 26. The van der Waals surface area contributed by atoms with Gasteiger partial charge in [-0.2, -0.15) is 0 Å². The van der Waals surface area contributed by atoms with Gasteiger partial charge in [0.25, 0.3) is 0 Å². The van der Waals surface area contributed by atoms with Gasteiger partial charge in [0.2, 0.25) is 0 Å². The van der Waals surface area contributed by atoms with Gasteiger partial charge in [-0.3, -0.25) is 14.4 Å². The van der Waals surface area contributed by atoms with Crippen molar-refractivity contribution in [2.45, 2.75) is 290 Å². The van der Waals surface area contributed by atoms with Gasteiger partial charge in [0, 0.05) is 19.3 Å². The summed E-state index contributed by atoms with van der Waals surface area (Å²) >= 11 is 0. The normalized spacial score (nSPS) is 12.9. The van der Waals surface area contributed by atoms with E-state index in [1.54, 1.807) is 0 Å². The Bertz CT molecular complexity index is 1510. The Labute approximate surface area is 457 Å². The molecule has 6 nitrogen and oxygen atoms in total. The largest absolute Gasteiger partial charge is 0.462 e. The fraction of sp³-hybridized carbons (Fsp3) is 0.691. The first-order valence-corrected chi connectivity index (χ1v) is 30.9. The summed E-state index contributed by atoms with van der Waals surface area (Å²) in [5, 5.41) is 0. The predicted molar refractivity (Wildman–Crippen MR) is 320 cm³/mol. The molecule has 0 radical (unpaired) electrons. The maximum Gasteiger partial charge on any atom is 0.306 e. The standard InChI is InChI=1S/C68H114O6/c1-4-7-10-13-16-19-22-25-27-29-30-31-32-33-34-35-36-37-38-39-41-43-46-49-52-55-58-61-67(70)73-64-65(63-72-66(69)60-57-54-51-48-45-42-24-21-18-15-12-9-6-3)74-68(71)62-59-56-53-50-47-44-40-28-26-23-20-17-14-11-8-5-2/h9,12,18,20-23,25,28-30,32-33,40,42,45,51,54,65H,4-8,10-11,13-17,19,24,26-27,31,34-39,41,43-44,46-50,52-53,55-64H2,1-3H3/b12-9-,21-18-,23-20-,25-22-,30-29-,33-32-,40-28-,45-42-,54-51-. The van der Waals surface area contributed by atoms with Gasteiger partial charge in [0.05, 0.1) is 0 Å². The first-order valence-electron chi connectivity index (χ1n) is 30.9. The van der Waals surface area contributed by atoms with Gasteiger partial charge in [-0.15, -0.1) is 0 Å². The Hall–Kier alpha value is -3.93. The van der Waals surface area contributed by atoms with Gasteiger partial charge >= 0.3 is 17.9 Å². The average Bonchev–Trinajstić information content (AvgIpc) is 3.40. The quantitative estimate of drug-likeness (QED) is 0.0261. The van der Waals surface area contributed by atoms with E-state index in [9.17, 15) is 14.4 Å². The number of allylic oxidation sites excluding steroid dienone is 18. The van der Waals surface area contributed by atoms with Crippen LogP contribution in [0.25, 0.3) is 0 Å². The molecule has 0 heterocycles. The molecule has 0 saturated heterocycles. The monoisotopic (exact) mass is 1030 g/mol. The average molecular weight is 1030 g/mol. The number of carbonyl (C=O) groups is 3. The fourth-order valence-electron chi connectivity index (χ4n) is 8.38. The highest BCUT2D eigenvalue weighted by atomic mass is 16.6. The van der Waals surface area contributed by atoms with E-state index in [0.29, 0.717) is 19.3 Å². The Kier molecular flexibility index (Phi) is 58.3. The number of hydrogen-bond donors (Lipinski definition) is 0. The predicted octanol–water partition coefficient (Wildman–Crippen LogP) is 21.0. The lowest BCUT2D eigenvalue weighted by molar-refractivity contribution is -0.166. The Morgan fingerprint density at radius 3 is 0.919 bits per heavy atom. The third-order valence-electron chi connectivity index (χ3n) is 13.0. The van der Waals surface area contributed by atoms with E-state index >= 15 is 0 Å². The van der Waals surface area contributed by atoms with Crippen molar-refractivity contribution in [3.8, 4) is 0 Å². The van der Waals surface area contributed by atoms with E-state index in [1.165, 1.54) is 135 Å². The van der Waals surface area contributed by atoms with Crippen molar-refractivity contribution in [1.82, 2.24) is 0 Å². The van der Waals surface area contributed by atoms with Crippen molar-refractivity contribution in [2.24, 2.45) is 0 Å². The molecular formula is C68H114O6. The Morgan fingerprint density at radius 2 is 0.554 bits per heavy atom. The summed E-state index contributed by atoms with van der Waals surface area (Å²) in [6.07, 6.45) is 84.0. The molecule has 0 aliphatic rings. The van der Waals surface area contributed by atoms with E-state index in [-0.39, 0.29) is 37.5 Å². The molecule has 6 heteroatoms. The molecule has 0 spiro atoms. The summed E-state index contributed by atoms with van der Waals surface area (Å²) in [5.74, 6) is -1.01. The van der Waals surface area contributed by atoms with Crippen molar-refractivity contribution < 1.29 is 28.6 Å². The van der Waals surface area contributed by atoms with E-state index in [2.05, 4.69) is 124 Å². The SMILES string of the molecule is CC/C=C\C/C=C\C/C=C\C/C=C\CCC(=O)OCC(COC(=O)CCCCCCCCCCCCCC/C=C\C/C=C\C/C=C\CCCCCCC)OC(=O)CCCCCCC/C=C\C/C=C\CCCCCC. The smallest absolute Gasteiger partial charge is 0.306 e. The van der Waals surface area contributed by atoms with Gasteiger partial charge in [0.15, 0.2) is 6.10 Å². The molecule has 74 heavy (non-hydrogen) atoms. The number of esters is 3. The van der Waals surface area contributed by atoms with Crippen LogP contribution < -0.4 is 0 Å². The second-order valence-corrected chi connectivity index (χ2v) is 20.2. The van der Waals surface area contributed by atoms with Crippen LogP contribution in [0.3, 0.4) is 0 Å². The lowest BCUT2D eigenvalue weighted by atomic mass is 10.0. The maximum atomic E-state index is 12.9. The van der Waals surface area contributed by atoms with Crippen molar-refractivity contribution in [2.75, 3.05) is 13.2 Å².